The highest BCUT2D eigenvalue weighted by molar-refractivity contribution is 5.73. The first-order valence-corrected chi connectivity index (χ1v) is 5.04. The number of nitrogens with zero attached hydrogens (tertiary/aromatic N) is 3. The van der Waals surface area contributed by atoms with Crippen molar-refractivity contribution in [3.63, 3.8) is 0 Å². The van der Waals surface area contributed by atoms with Crippen molar-refractivity contribution in [3.05, 3.63) is 18.3 Å². The number of methoxy groups -OCH3 is 2. The van der Waals surface area contributed by atoms with E-state index in [9.17, 15) is 0 Å². The van der Waals surface area contributed by atoms with Gasteiger partial charge in [-0.3, -0.25) is 4.68 Å². The Bertz CT molecular complexity index is 495. The highest BCUT2D eigenvalue weighted by atomic mass is 16.5. The van der Waals surface area contributed by atoms with Gasteiger partial charge in [-0.2, -0.15) is 5.10 Å². The number of hydrogen-bond acceptors (Lipinski definition) is 5. The van der Waals surface area contributed by atoms with Crippen molar-refractivity contribution in [2.45, 2.75) is 0 Å². The van der Waals surface area contributed by atoms with Crippen LogP contribution in [0, 0.1) is 0 Å². The standard InChI is InChI=1S/C11H14N4O2/c1-15-9(12)6-7(14-15)10-8(16-2)4-5-13-11(10)17-3/h4-6H,12H2,1-3H3. The number of anilines is 1. The normalized spacial score (nSPS) is 10.3. The minimum absolute atomic E-state index is 0.461. The van der Waals surface area contributed by atoms with Crippen LogP contribution >= 0.6 is 0 Å². The molecule has 17 heavy (non-hydrogen) atoms. The highest BCUT2D eigenvalue weighted by Crippen LogP contribution is 2.36. The van der Waals surface area contributed by atoms with Gasteiger partial charge in [-0.1, -0.05) is 0 Å². The van der Waals surface area contributed by atoms with E-state index in [1.54, 1.807) is 44.3 Å². The van der Waals surface area contributed by atoms with Gasteiger partial charge in [0.15, 0.2) is 0 Å². The van der Waals surface area contributed by atoms with Gasteiger partial charge < -0.3 is 15.2 Å². The maximum Gasteiger partial charge on any atom is 0.226 e. The molecule has 0 spiro atoms. The van der Waals surface area contributed by atoms with Crippen molar-refractivity contribution < 1.29 is 9.47 Å². The summed E-state index contributed by atoms with van der Waals surface area (Å²) < 4.78 is 12.1. The fourth-order valence-electron chi connectivity index (χ4n) is 1.59. The summed E-state index contributed by atoms with van der Waals surface area (Å²) in [7, 11) is 4.91. The molecule has 0 bridgehead atoms. The Labute approximate surface area is 99.0 Å². The Kier molecular flexibility index (Phi) is 2.86. The first kappa shape index (κ1) is 11.3. The molecule has 0 atom stereocenters. The molecule has 6 heteroatoms. The van der Waals surface area contributed by atoms with E-state index in [4.69, 9.17) is 15.2 Å². The van der Waals surface area contributed by atoms with E-state index in [1.807, 2.05) is 0 Å². The van der Waals surface area contributed by atoms with Crippen molar-refractivity contribution in [1.29, 1.82) is 0 Å². The van der Waals surface area contributed by atoms with Gasteiger partial charge in [0, 0.05) is 19.3 Å². The summed E-state index contributed by atoms with van der Waals surface area (Å²) in [4.78, 5) is 4.13. The van der Waals surface area contributed by atoms with Crippen LogP contribution in [-0.2, 0) is 7.05 Å². The number of nitrogen functional groups attached to an aromatic ring is 1. The fourth-order valence-corrected chi connectivity index (χ4v) is 1.59. The molecule has 0 radical (unpaired) electrons. The molecular formula is C11H14N4O2. The summed E-state index contributed by atoms with van der Waals surface area (Å²) in [5, 5.41) is 4.29. The summed E-state index contributed by atoms with van der Waals surface area (Å²) in [6.45, 7) is 0. The maximum absolute atomic E-state index is 5.76. The minimum atomic E-state index is 0.461. The van der Waals surface area contributed by atoms with Gasteiger partial charge in [-0.15, -0.1) is 0 Å². The van der Waals surface area contributed by atoms with Crippen LogP contribution in [-0.4, -0.2) is 29.0 Å². The molecule has 2 N–H and O–H groups in total. The Morgan fingerprint density at radius 1 is 1.29 bits per heavy atom. The summed E-state index contributed by atoms with van der Waals surface area (Å²) >= 11 is 0. The molecule has 2 heterocycles. The van der Waals surface area contributed by atoms with Crippen LogP contribution in [0.1, 0.15) is 0 Å². The molecule has 0 aliphatic carbocycles. The Morgan fingerprint density at radius 3 is 2.59 bits per heavy atom. The molecule has 0 saturated heterocycles. The average molecular weight is 234 g/mol. The molecule has 0 unspecified atom stereocenters. The van der Waals surface area contributed by atoms with Gasteiger partial charge in [-0.05, 0) is 6.07 Å². The second-order valence-corrected chi connectivity index (χ2v) is 3.48. The zero-order chi connectivity index (χ0) is 12.4. The molecule has 0 fully saturated rings. The van der Waals surface area contributed by atoms with Crippen LogP contribution in [0.2, 0.25) is 0 Å². The van der Waals surface area contributed by atoms with Gasteiger partial charge >= 0.3 is 0 Å². The molecule has 2 aromatic rings. The van der Waals surface area contributed by atoms with Crippen LogP contribution in [0.3, 0.4) is 0 Å². The summed E-state index contributed by atoms with van der Waals surface area (Å²) in [6.07, 6.45) is 1.62. The van der Waals surface area contributed by atoms with Gasteiger partial charge in [0.05, 0.1) is 14.2 Å². The van der Waals surface area contributed by atoms with Crippen LogP contribution in [0.5, 0.6) is 11.6 Å². The van der Waals surface area contributed by atoms with Crippen LogP contribution < -0.4 is 15.2 Å². The van der Waals surface area contributed by atoms with Crippen LogP contribution in [0.4, 0.5) is 5.82 Å². The van der Waals surface area contributed by atoms with E-state index in [0.29, 0.717) is 28.7 Å². The zero-order valence-corrected chi connectivity index (χ0v) is 9.97. The maximum atomic E-state index is 5.76. The van der Waals surface area contributed by atoms with Gasteiger partial charge in [-0.25, -0.2) is 4.98 Å². The summed E-state index contributed by atoms with van der Waals surface area (Å²) in [6, 6.07) is 3.50. The number of ether oxygens (including phenoxy) is 2. The molecule has 0 saturated carbocycles. The SMILES string of the molecule is COc1ccnc(OC)c1-c1cc(N)n(C)n1. The van der Waals surface area contributed by atoms with Crippen molar-refractivity contribution in [1.82, 2.24) is 14.8 Å². The number of hydrogen-bond donors (Lipinski definition) is 1. The first-order valence-electron chi connectivity index (χ1n) is 5.04. The Balaban J connectivity index is 2.63. The number of pyridine rings is 1. The Morgan fingerprint density at radius 2 is 2.06 bits per heavy atom. The lowest BCUT2D eigenvalue weighted by molar-refractivity contribution is 0.385. The lowest BCUT2D eigenvalue weighted by atomic mass is 10.2. The summed E-state index contributed by atoms with van der Waals surface area (Å²) in [5.41, 5.74) is 7.13. The van der Waals surface area contributed by atoms with E-state index in [1.165, 1.54) is 0 Å². The van der Waals surface area contributed by atoms with Crippen LogP contribution in [0.25, 0.3) is 11.3 Å². The zero-order valence-electron chi connectivity index (χ0n) is 9.97. The number of aryl methyl sites for hydroxylation is 1. The quantitative estimate of drug-likeness (QED) is 0.860. The topological polar surface area (TPSA) is 75.2 Å². The van der Waals surface area contributed by atoms with E-state index < -0.39 is 0 Å². The second kappa shape index (κ2) is 4.32. The monoisotopic (exact) mass is 234 g/mol. The third kappa shape index (κ3) is 1.89. The van der Waals surface area contributed by atoms with E-state index in [2.05, 4.69) is 10.1 Å². The predicted molar refractivity (Wildman–Crippen MR) is 64.0 cm³/mol. The second-order valence-electron chi connectivity index (χ2n) is 3.48. The molecule has 0 amide bonds. The largest absolute Gasteiger partial charge is 0.496 e. The van der Waals surface area contributed by atoms with Gasteiger partial charge in [0.2, 0.25) is 5.88 Å². The summed E-state index contributed by atoms with van der Waals surface area (Å²) in [5.74, 6) is 1.67. The molecule has 0 aliphatic heterocycles. The van der Waals surface area contributed by atoms with Crippen molar-refractivity contribution in [3.8, 4) is 22.9 Å². The lowest BCUT2D eigenvalue weighted by Gasteiger charge is -2.09. The third-order valence-electron chi connectivity index (χ3n) is 2.46. The third-order valence-corrected chi connectivity index (χ3v) is 2.46. The molecule has 0 aliphatic rings. The van der Waals surface area contributed by atoms with Crippen molar-refractivity contribution >= 4 is 5.82 Å². The van der Waals surface area contributed by atoms with E-state index in [-0.39, 0.29) is 0 Å². The van der Waals surface area contributed by atoms with Crippen molar-refractivity contribution in [2.24, 2.45) is 7.05 Å². The molecule has 0 aromatic carbocycles. The first-order chi connectivity index (χ1) is 8.17. The smallest absolute Gasteiger partial charge is 0.226 e. The molecule has 6 nitrogen and oxygen atoms in total. The van der Waals surface area contributed by atoms with Crippen LogP contribution in [0.15, 0.2) is 18.3 Å². The van der Waals surface area contributed by atoms with Gasteiger partial charge in [0.25, 0.3) is 0 Å². The fraction of sp³-hybridized carbons (Fsp3) is 0.273. The molecule has 2 rings (SSSR count). The van der Waals surface area contributed by atoms with Gasteiger partial charge in [0.1, 0.15) is 22.8 Å². The predicted octanol–water partition coefficient (Wildman–Crippen LogP) is 1.08. The lowest BCUT2D eigenvalue weighted by Crippen LogP contribution is -1.98. The number of aromatic nitrogens is 3. The average Bonchev–Trinajstić information content (AvgIpc) is 2.68. The van der Waals surface area contributed by atoms with E-state index in [0.717, 1.165) is 0 Å². The number of rotatable bonds is 3. The molecular weight excluding hydrogens is 220 g/mol. The van der Waals surface area contributed by atoms with E-state index >= 15 is 0 Å². The Hall–Kier alpha value is -2.24. The number of nitrogens with two attached hydrogens (primary N) is 1. The van der Waals surface area contributed by atoms with Crippen molar-refractivity contribution in [2.75, 3.05) is 20.0 Å². The minimum Gasteiger partial charge on any atom is -0.496 e. The molecule has 2 aromatic heterocycles. The highest BCUT2D eigenvalue weighted by Gasteiger charge is 2.17. The molecule has 90 valence electrons.